The van der Waals surface area contributed by atoms with E-state index in [1.165, 1.54) is 0 Å². The number of pyridine rings is 1. The molecule has 0 bridgehead atoms. The number of carbonyl (C=O) groups excluding carboxylic acids is 1. The van der Waals surface area contributed by atoms with Crippen molar-refractivity contribution in [2.45, 2.75) is 31.3 Å². The minimum absolute atomic E-state index is 0.0370. The Bertz CT molecular complexity index is 1530. The van der Waals surface area contributed by atoms with Crippen molar-refractivity contribution in [3.05, 3.63) is 120 Å². The molecular weight excluding hydrogens is 497 g/mol. The smallest absolute Gasteiger partial charge is 0.318 e. The number of amides is 2. The Labute approximate surface area is 234 Å². The van der Waals surface area contributed by atoms with Gasteiger partial charge in [-0.2, -0.15) is 9.61 Å². The maximum Gasteiger partial charge on any atom is 0.318 e. The molecule has 200 valence electrons. The lowest BCUT2D eigenvalue weighted by Crippen LogP contribution is -2.45. The summed E-state index contributed by atoms with van der Waals surface area (Å²) in [6, 6.07) is 26.1. The van der Waals surface area contributed by atoms with Crippen LogP contribution >= 0.6 is 0 Å². The third-order valence-electron chi connectivity index (χ3n) is 7.60. The summed E-state index contributed by atoms with van der Waals surface area (Å²) in [5.41, 5.74) is 6.17. The molecule has 40 heavy (non-hydrogen) atoms. The van der Waals surface area contributed by atoms with Crippen LogP contribution in [0.2, 0.25) is 0 Å². The molecule has 0 aliphatic carbocycles. The van der Waals surface area contributed by atoms with Crippen LogP contribution in [0.4, 0.5) is 10.6 Å². The largest absolute Gasteiger partial charge is 0.366 e. The van der Waals surface area contributed by atoms with Gasteiger partial charge >= 0.3 is 6.03 Å². The third kappa shape index (κ3) is 5.54. The van der Waals surface area contributed by atoms with Crippen molar-refractivity contribution >= 4 is 30.8 Å². The van der Waals surface area contributed by atoms with E-state index in [4.69, 9.17) is 4.98 Å². The fraction of sp³-hybridized carbons (Fsp3) is 0.226. The minimum Gasteiger partial charge on any atom is -0.366 e. The van der Waals surface area contributed by atoms with E-state index in [0.29, 0.717) is 19.6 Å². The predicted octanol–water partition coefficient (Wildman–Crippen LogP) is 3.67. The minimum atomic E-state index is -0.199. The summed E-state index contributed by atoms with van der Waals surface area (Å²) in [4.78, 5) is 24.6. The SMILES string of the molecule is Bc1cnn2c(NCc3cccnc3)cc(C3CCN(C(=O)NC(c4ccccc4)c4ccccc4)CC3)nc12. The van der Waals surface area contributed by atoms with Gasteiger partial charge < -0.3 is 15.5 Å². The van der Waals surface area contributed by atoms with Crippen LogP contribution in [0.15, 0.2) is 97.5 Å². The molecule has 1 aliphatic heterocycles. The molecule has 0 radical (unpaired) electrons. The quantitative estimate of drug-likeness (QED) is 0.314. The van der Waals surface area contributed by atoms with Gasteiger partial charge in [0.15, 0.2) is 5.65 Å². The Kier molecular flexibility index (Phi) is 7.44. The molecule has 4 heterocycles. The van der Waals surface area contributed by atoms with Gasteiger partial charge in [0.05, 0.1) is 6.04 Å². The summed E-state index contributed by atoms with van der Waals surface area (Å²) in [6.07, 6.45) is 7.20. The van der Waals surface area contributed by atoms with Gasteiger partial charge in [-0.3, -0.25) is 4.98 Å². The standard InChI is InChI=1S/C31H32BN7O/c32-26-21-35-39-28(34-20-22-8-7-15-33-19-22)18-27(36-30(26)39)23-13-16-38(17-14-23)31(40)37-29(24-9-3-1-4-10-24)25-11-5-2-6-12-25/h1-12,15,18-19,21,23,29,34H,13-14,16-17,20,32H2,(H,37,40). The van der Waals surface area contributed by atoms with Crippen molar-refractivity contribution in [3.8, 4) is 0 Å². The number of piperidine rings is 1. The topological polar surface area (TPSA) is 87.5 Å². The van der Waals surface area contributed by atoms with E-state index in [1.54, 1.807) is 6.20 Å². The highest BCUT2D eigenvalue weighted by Gasteiger charge is 2.27. The number of nitrogens with zero attached hydrogens (tertiary/aromatic N) is 5. The highest BCUT2D eigenvalue weighted by atomic mass is 16.2. The summed E-state index contributed by atoms with van der Waals surface area (Å²) in [6.45, 7) is 2.00. The molecular formula is C31H32BN7O. The van der Waals surface area contributed by atoms with Gasteiger partial charge in [0, 0.05) is 55.9 Å². The Morgan fingerprint density at radius 2 is 1.65 bits per heavy atom. The number of hydrogen-bond donors (Lipinski definition) is 2. The summed E-state index contributed by atoms with van der Waals surface area (Å²) >= 11 is 0. The van der Waals surface area contributed by atoms with Crippen LogP contribution in [-0.4, -0.2) is 51.4 Å². The van der Waals surface area contributed by atoms with E-state index < -0.39 is 0 Å². The molecule has 5 aromatic rings. The van der Waals surface area contributed by atoms with E-state index in [1.807, 2.05) is 72.1 Å². The van der Waals surface area contributed by atoms with E-state index in [9.17, 15) is 4.79 Å². The zero-order valence-electron chi connectivity index (χ0n) is 22.6. The lowest BCUT2D eigenvalue weighted by atomic mass is 9.92. The zero-order chi connectivity index (χ0) is 27.3. The van der Waals surface area contributed by atoms with Crippen LogP contribution in [0.3, 0.4) is 0 Å². The molecule has 8 nitrogen and oxygen atoms in total. The van der Waals surface area contributed by atoms with Crippen LogP contribution in [0, 0.1) is 0 Å². The Hall–Kier alpha value is -4.66. The molecule has 0 atom stereocenters. The monoisotopic (exact) mass is 529 g/mol. The fourth-order valence-electron chi connectivity index (χ4n) is 5.36. The van der Waals surface area contributed by atoms with Crippen molar-refractivity contribution in [1.82, 2.24) is 29.8 Å². The normalized spacial score (nSPS) is 14.0. The molecule has 1 saturated heterocycles. The molecule has 1 fully saturated rings. The van der Waals surface area contributed by atoms with Crippen molar-refractivity contribution in [1.29, 1.82) is 0 Å². The van der Waals surface area contributed by atoms with Crippen molar-refractivity contribution in [3.63, 3.8) is 0 Å². The van der Waals surface area contributed by atoms with Gasteiger partial charge in [-0.15, -0.1) is 0 Å². The second-order valence-corrected chi connectivity index (χ2v) is 10.3. The molecule has 9 heteroatoms. The molecule has 6 rings (SSSR count). The molecule has 0 saturated carbocycles. The highest BCUT2D eigenvalue weighted by molar-refractivity contribution is 6.36. The van der Waals surface area contributed by atoms with E-state index in [2.05, 4.69) is 57.1 Å². The fourth-order valence-corrected chi connectivity index (χ4v) is 5.36. The Morgan fingerprint density at radius 1 is 0.950 bits per heavy atom. The van der Waals surface area contributed by atoms with Crippen molar-refractivity contribution < 1.29 is 4.79 Å². The summed E-state index contributed by atoms with van der Waals surface area (Å²) in [5.74, 6) is 1.17. The number of benzene rings is 2. The second kappa shape index (κ2) is 11.6. The van der Waals surface area contributed by atoms with Crippen molar-refractivity contribution in [2.24, 2.45) is 0 Å². The number of nitrogens with one attached hydrogen (secondary N) is 2. The van der Waals surface area contributed by atoms with Gasteiger partial charge in [0.25, 0.3) is 0 Å². The van der Waals surface area contributed by atoms with Crippen LogP contribution < -0.4 is 16.1 Å². The van der Waals surface area contributed by atoms with E-state index in [-0.39, 0.29) is 18.0 Å². The lowest BCUT2D eigenvalue weighted by molar-refractivity contribution is 0.178. The molecule has 2 amide bonds. The van der Waals surface area contributed by atoms with Gasteiger partial charge in [-0.05, 0) is 41.1 Å². The van der Waals surface area contributed by atoms with Crippen LogP contribution in [0.1, 0.15) is 47.2 Å². The number of hydrogen-bond acceptors (Lipinski definition) is 5. The Balaban J connectivity index is 1.15. The maximum absolute atomic E-state index is 13.4. The summed E-state index contributed by atoms with van der Waals surface area (Å²) in [7, 11) is 2.03. The van der Waals surface area contributed by atoms with E-state index >= 15 is 0 Å². The van der Waals surface area contributed by atoms with Gasteiger partial charge in [0.2, 0.25) is 0 Å². The highest BCUT2D eigenvalue weighted by Crippen LogP contribution is 2.30. The predicted molar refractivity (Wildman–Crippen MR) is 160 cm³/mol. The third-order valence-corrected chi connectivity index (χ3v) is 7.60. The zero-order valence-corrected chi connectivity index (χ0v) is 22.6. The van der Waals surface area contributed by atoms with Gasteiger partial charge in [-0.25, -0.2) is 9.78 Å². The maximum atomic E-state index is 13.4. The van der Waals surface area contributed by atoms with Crippen LogP contribution in [0.5, 0.6) is 0 Å². The van der Waals surface area contributed by atoms with Crippen molar-refractivity contribution in [2.75, 3.05) is 18.4 Å². The number of urea groups is 1. The average Bonchev–Trinajstić information content (AvgIpc) is 3.40. The molecule has 1 aliphatic rings. The van der Waals surface area contributed by atoms with Gasteiger partial charge in [-0.1, -0.05) is 66.7 Å². The first kappa shape index (κ1) is 25.6. The Morgan fingerprint density at radius 3 is 2.30 bits per heavy atom. The van der Waals surface area contributed by atoms with Crippen LogP contribution in [0.25, 0.3) is 5.65 Å². The second-order valence-electron chi connectivity index (χ2n) is 10.3. The number of fused-ring (bicyclic) bond motifs is 1. The van der Waals surface area contributed by atoms with Crippen LogP contribution in [-0.2, 0) is 6.54 Å². The number of carbonyl (C=O) groups is 1. The summed E-state index contributed by atoms with van der Waals surface area (Å²) in [5, 5.41) is 11.4. The number of rotatable bonds is 7. The molecule has 0 spiro atoms. The molecule has 2 N–H and O–H groups in total. The molecule has 3 aromatic heterocycles. The number of anilines is 1. The lowest BCUT2D eigenvalue weighted by Gasteiger charge is -2.33. The molecule has 2 aromatic carbocycles. The first-order chi connectivity index (χ1) is 19.7. The average molecular weight is 529 g/mol. The number of aromatic nitrogens is 4. The van der Waals surface area contributed by atoms with Gasteiger partial charge in [0.1, 0.15) is 13.7 Å². The first-order valence-corrected chi connectivity index (χ1v) is 13.8. The summed E-state index contributed by atoms with van der Waals surface area (Å²) < 4.78 is 1.87. The van der Waals surface area contributed by atoms with E-state index in [0.717, 1.165) is 52.2 Å². The molecule has 0 unspecified atom stereocenters. The first-order valence-electron chi connectivity index (χ1n) is 13.8. The number of likely N-dealkylation sites (tertiary alicyclic amines) is 1.